The van der Waals surface area contributed by atoms with Crippen LogP contribution in [0.2, 0.25) is 0 Å². The second kappa shape index (κ2) is 10.4. The molecular formula is C21H17N5O7. The molecule has 33 heavy (non-hydrogen) atoms. The number of nitro groups is 2. The Balaban J connectivity index is 1.81. The zero-order chi connectivity index (χ0) is 23.8. The summed E-state index contributed by atoms with van der Waals surface area (Å²) >= 11 is 0. The lowest BCUT2D eigenvalue weighted by molar-refractivity contribution is -0.394. The molecule has 0 fully saturated rings. The summed E-state index contributed by atoms with van der Waals surface area (Å²) in [5.74, 6) is -0.178. The molecule has 0 aliphatic carbocycles. The maximum atomic E-state index is 12.0. The van der Waals surface area contributed by atoms with Crippen molar-refractivity contribution in [3.63, 3.8) is 0 Å². The molecule has 0 atom stereocenters. The Morgan fingerprint density at radius 1 is 1.03 bits per heavy atom. The monoisotopic (exact) mass is 451 g/mol. The van der Waals surface area contributed by atoms with E-state index in [2.05, 4.69) is 15.5 Å². The van der Waals surface area contributed by atoms with Crippen molar-refractivity contribution in [1.82, 2.24) is 10.4 Å². The van der Waals surface area contributed by atoms with Gasteiger partial charge in [-0.25, -0.2) is 5.43 Å². The highest BCUT2D eigenvalue weighted by atomic mass is 16.6. The number of aromatic nitrogens is 1. The largest absolute Gasteiger partial charge is 0.490 e. The highest BCUT2D eigenvalue weighted by Gasteiger charge is 2.22. The molecule has 0 saturated carbocycles. The lowest BCUT2D eigenvalue weighted by Gasteiger charge is -2.12. The third kappa shape index (κ3) is 5.85. The summed E-state index contributed by atoms with van der Waals surface area (Å²) < 4.78 is 11.2. The summed E-state index contributed by atoms with van der Waals surface area (Å²) in [6.07, 6.45) is 4.36. The Hall–Kier alpha value is -4.87. The predicted octanol–water partition coefficient (Wildman–Crippen LogP) is 3.85. The van der Waals surface area contributed by atoms with E-state index < -0.39 is 27.1 Å². The average Bonchev–Trinajstić information content (AvgIpc) is 2.81. The van der Waals surface area contributed by atoms with Gasteiger partial charge in [0.15, 0.2) is 11.5 Å². The van der Waals surface area contributed by atoms with Gasteiger partial charge >= 0.3 is 5.69 Å². The van der Waals surface area contributed by atoms with Gasteiger partial charge in [-0.15, -0.1) is 0 Å². The second-order valence-electron chi connectivity index (χ2n) is 6.34. The number of carbonyl (C=O) groups excluding carboxylic acids is 1. The van der Waals surface area contributed by atoms with Gasteiger partial charge in [-0.3, -0.25) is 30.0 Å². The fourth-order valence-corrected chi connectivity index (χ4v) is 2.66. The van der Waals surface area contributed by atoms with Gasteiger partial charge in [-0.2, -0.15) is 5.10 Å². The van der Waals surface area contributed by atoms with Crippen LogP contribution in [0.3, 0.4) is 0 Å². The molecule has 0 spiro atoms. The molecule has 0 unspecified atom stereocenters. The van der Waals surface area contributed by atoms with Crippen LogP contribution < -0.4 is 14.9 Å². The highest BCUT2D eigenvalue weighted by Crippen LogP contribution is 2.38. The average molecular weight is 451 g/mol. The normalized spacial score (nSPS) is 10.6. The van der Waals surface area contributed by atoms with Gasteiger partial charge in [-0.1, -0.05) is 0 Å². The summed E-state index contributed by atoms with van der Waals surface area (Å²) in [6.45, 7) is 2.02. The topological polar surface area (TPSA) is 159 Å². The standard InChI is InChI=1S/C21H17N5O7/c1-2-32-20-11-14(13-23-24-21(27)15-7-9-22-10-8-15)3-5-19(20)33-18-6-4-16(25(28)29)12-17(18)26(30)31/h3-13H,2H2,1H3,(H,24,27)/b23-13-. The van der Waals surface area contributed by atoms with E-state index in [0.717, 1.165) is 18.2 Å². The predicted molar refractivity (Wildman–Crippen MR) is 117 cm³/mol. The van der Waals surface area contributed by atoms with E-state index in [4.69, 9.17) is 9.47 Å². The van der Waals surface area contributed by atoms with Crippen LogP contribution in [0.5, 0.6) is 17.2 Å². The molecule has 168 valence electrons. The number of pyridine rings is 1. The summed E-state index contributed by atoms with van der Waals surface area (Å²) in [7, 11) is 0. The third-order valence-corrected chi connectivity index (χ3v) is 4.16. The first-order chi connectivity index (χ1) is 15.9. The molecule has 1 N–H and O–H groups in total. The van der Waals surface area contributed by atoms with Crippen molar-refractivity contribution in [2.24, 2.45) is 5.10 Å². The van der Waals surface area contributed by atoms with Crippen LogP contribution >= 0.6 is 0 Å². The van der Waals surface area contributed by atoms with Crippen LogP contribution in [-0.2, 0) is 0 Å². The number of amides is 1. The number of nitrogens with zero attached hydrogens (tertiary/aromatic N) is 4. The van der Waals surface area contributed by atoms with E-state index in [1.807, 2.05) is 0 Å². The van der Waals surface area contributed by atoms with Gasteiger partial charge in [0, 0.05) is 24.0 Å². The second-order valence-corrected chi connectivity index (χ2v) is 6.34. The van der Waals surface area contributed by atoms with E-state index >= 15 is 0 Å². The smallest absolute Gasteiger partial charge is 0.318 e. The van der Waals surface area contributed by atoms with Crippen LogP contribution in [0.1, 0.15) is 22.8 Å². The number of nitro benzene ring substituents is 2. The van der Waals surface area contributed by atoms with Crippen molar-refractivity contribution in [3.05, 3.63) is 92.3 Å². The van der Waals surface area contributed by atoms with Crippen LogP contribution in [0.15, 0.2) is 66.0 Å². The Morgan fingerprint density at radius 2 is 1.76 bits per heavy atom. The first kappa shape index (κ1) is 22.8. The van der Waals surface area contributed by atoms with E-state index in [-0.39, 0.29) is 23.9 Å². The van der Waals surface area contributed by atoms with Gasteiger partial charge in [0.2, 0.25) is 5.75 Å². The van der Waals surface area contributed by atoms with Crippen molar-refractivity contribution in [2.75, 3.05) is 6.61 Å². The Kier molecular flexibility index (Phi) is 7.21. The van der Waals surface area contributed by atoms with E-state index in [9.17, 15) is 25.0 Å². The van der Waals surface area contributed by atoms with E-state index in [0.29, 0.717) is 11.1 Å². The lowest BCUT2D eigenvalue weighted by atomic mass is 10.2. The van der Waals surface area contributed by atoms with Gasteiger partial charge in [0.25, 0.3) is 11.6 Å². The van der Waals surface area contributed by atoms with Gasteiger partial charge in [0.05, 0.1) is 28.7 Å². The molecule has 0 aliphatic rings. The minimum absolute atomic E-state index is 0.159. The van der Waals surface area contributed by atoms with E-state index in [1.165, 1.54) is 24.7 Å². The quantitative estimate of drug-likeness (QED) is 0.292. The Bertz CT molecular complexity index is 1210. The molecule has 12 heteroatoms. The minimum atomic E-state index is -0.769. The summed E-state index contributed by atoms with van der Waals surface area (Å²) in [5.41, 5.74) is 2.35. The molecule has 3 aromatic rings. The van der Waals surface area contributed by atoms with Crippen LogP contribution in [-0.4, -0.2) is 33.6 Å². The van der Waals surface area contributed by atoms with Crippen molar-refractivity contribution in [1.29, 1.82) is 0 Å². The Morgan fingerprint density at radius 3 is 2.42 bits per heavy atom. The molecule has 2 aromatic carbocycles. The number of nitrogens with one attached hydrogen (secondary N) is 1. The molecular weight excluding hydrogens is 434 g/mol. The summed E-state index contributed by atoms with van der Waals surface area (Å²) in [5, 5.41) is 26.2. The van der Waals surface area contributed by atoms with Crippen LogP contribution in [0, 0.1) is 20.2 Å². The van der Waals surface area contributed by atoms with Crippen molar-refractivity contribution >= 4 is 23.5 Å². The molecule has 0 radical (unpaired) electrons. The summed E-state index contributed by atoms with van der Waals surface area (Å²) in [6, 6.07) is 10.8. The number of hydrogen-bond donors (Lipinski definition) is 1. The fraction of sp³-hybridized carbons (Fsp3) is 0.0952. The van der Waals surface area contributed by atoms with Gasteiger partial charge < -0.3 is 9.47 Å². The fourth-order valence-electron chi connectivity index (χ4n) is 2.66. The van der Waals surface area contributed by atoms with Gasteiger partial charge in [-0.05, 0) is 48.9 Å². The zero-order valence-corrected chi connectivity index (χ0v) is 17.2. The van der Waals surface area contributed by atoms with Crippen molar-refractivity contribution in [3.8, 4) is 17.2 Å². The molecule has 3 rings (SSSR count). The lowest BCUT2D eigenvalue weighted by Crippen LogP contribution is -2.17. The van der Waals surface area contributed by atoms with Crippen LogP contribution in [0.4, 0.5) is 11.4 Å². The van der Waals surface area contributed by atoms with Crippen molar-refractivity contribution in [2.45, 2.75) is 6.92 Å². The molecule has 0 aliphatic heterocycles. The van der Waals surface area contributed by atoms with Crippen LogP contribution in [0.25, 0.3) is 0 Å². The number of ether oxygens (including phenoxy) is 2. The Labute approximate surface area is 186 Å². The number of hydrogen-bond acceptors (Lipinski definition) is 9. The zero-order valence-electron chi connectivity index (χ0n) is 17.2. The SMILES string of the molecule is CCOc1cc(/C=N\NC(=O)c2ccncc2)ccc1Oc1ccc([N+](=O)[O-])cc1[N+](=O)[O-]. The first-order valence-corrected chi connectivity index (χ1v) is 9.50. The number of carbonyl (C=O) groups is 1. The molecule has 12 nitrogen and oxygen atoms in total. The number of hydrazone groups is 1. The minimum Gasteiger partial charge on any atom is -0.490 e. The highest BCUT2D eigenvalue weighted by molar-refractivity contribution is 5.94. The first-order valence-electron chi connectivity index (χ1n) is 9.50. The maximum Gasteiger partial charge on any atom is 0.318 e. The summed E-state index contributed by atoms with van der Waals surface area (Å²) in [4.78, 5) is 36.6. The van der Waals surface area contributed by atoms with Gasteiger partial charge in [0.1, 0.15) is 0 Å². The molecule has 0 bridgehead atoms. The molecule has 0 saturated heterocycles. The number of non-ortho nitro benzene ring substituents is 1. The molecule has 1 amide bonds. The van der Waals surface area contributed by atoms with E-state index in [1.54, 1.807) is 31.2 Å². The third-order valence-electron chi connectivity index (χ3n) is 4.16. The molecule has 1 aromatic heterocycles. The number of benzene rings is 2. The molecule has 1 heterocycles. The van der Waals surface area contributed by atoms with Crippen molar-refractivity contribution < 1.29 is 24.1 Å². The maximum absolute atomic E-state index is 12.0. The number of rotatable bonds is 9.